The minimum absolute atomic E-state index is 0.105. The molecule has 3 rings (SSSR count). The van der Waals surface area contributed by atoms with E-state index >= 15 is 0 Å². The SMILES string of the molecule is Nc1ccc(Cl)c(C(=O)N2CCC(N3CCCCC3)C2)n1. The third-order valence-electron chi connectivity index (χ3n) is 4.43. The van der Waals surface area contributed by atoms with Crippen molar-refractivity contribution in [2.24, 2.45) is 0 Å². The second-order valence-electron chi connectivity index (χ2n) is 5.86. The number of nitrogens with two attached hydrogens (primary N) is 1. The van der Waals surface area contributed by atoms with Crippen LogP contribution in [0, 0.1) is 0 Å². The third kappa shape index (κ3) is 3.14. The summed E-state index contributed by atoms with van der Waals surface area (Å²) in [6.45, 7) is 3.85. The van der Waals surface area contributed by atoms with Gasteiger partial charge in [-0.3, -0.25) is 9.69 Å². The lowest BCUT2D eigenvalue weighted by Crippen LogP contribution is -2.41. The molecule has 5 nitrogen and oxygen atoms in total. The van der Waals surface area contributed by atoms with Crippen molar-refractivity contribution in [3.05, 3.63) is 22.8 Å². The fourth-order valence-electron chi connectivity index (χ4n) is 3.26. The molecule has 2 aliphatic rings. The number of carbonyl (C=O) groups is 1. The van der Waals surface area contributed by atoms with Crippen LogP contribution < -0.4 is 5.73 Å². The van der Waals surface area contributed by atoms with Crippen molar-refractivity contribution in [3.8, 4) is 0 Å². The topological polar surface area (TPSA) is 62.5 Å². The van der Waals surface area contributed by atoms with Crippen molar-refractivity contribution in [1.82, 2.24) is 14.8 Å². The monoisotopic (exact) mass is 308 g/mol. The molecule has 2 aliphatic heterocycles. The van der Waals surface area contributed by atoms with Gasteiger partial charge in [0.15, 0.2) is 0 Å². The molecular weight excluding hydrogens is 288 g/mol. The molecule has 3 heterocycles. The Kier molecular flexibility index (Phi) is 4.31. The molecule has 2 fully saturated rings. The van der Waals surface area contributed by atoms with E-state index in [1.54, 1.807) is 12.1 Å². The number of pyridine rings is 1. The molecule has 0 aliphatic carbocycles. The quantitative estimate of drug-likeness (QED) is 0.908. The summed E-state index contributed by atoms with van der Waals surface area (Å²) in [5.41, 5.74) is 5.93. The Morgan fingerprint density at radius 1 is 1.24 bits per heavy atom. The largest absolute Gasteiger partial charge is 0.384 e. The lowest BCUT2D eigenvalue weighted by atomic mass is 10.1. The van der Waals surface area contributed by atoms with E-state index in [0.29, 0.717) is 16.9 Å². The average Bonchev–Trinajstić information content (AvgIpc) is 3.00. The van der Waals surface area contributed by atoms with Crippen LogP contribution >= 0.6 is 11.6 Å². The fourth-order valence-corrected chi connectivity index (χ4v) is 3.45. The molecule has 1 unspecified atom stereocenters. The van der Waals surface area contributed by atoms with Crippen LogP contribution in [0.4, 0.5) is 5.82 Å². The molecule has 21 heavy (non-hydrogen) atoms. The van der Waals surface area contributed by atoms with Crippen LogP contribution in [0.3, 0.4) is 0 Å². The normalized spacial score (nSPS) is 23.5. The van der Waals surface area contributed by atoms with Gasteiger partial charge in [-0.15, -0.1) is 0 Å². The number of nitrogens with zero attached hydrogens (tertiary/aromatic N) is 3. The Hall–Kier alpha value is -1.33. The lowest BCUT2D eigenvalue weighted by molar-refractivity contribution is 0.0766. The molecule has 1 aromatic rings. The van der Waals surface area contributed by atoms with Crippen LogP contribution in [0.1, 0.15) is 36.2 Å². The minimum atomic E-state index is -0.105. The van der Waals surface area contributed by atoms with Crippen molar-refractivity contribution in [2.75, 3.05) is 31.9 Å². The molecule has 1 atom stereocenters. The number of piperidine rings is 1. The van der Waals surface area contributed by atoms with Gasteiger partial charge in [-0.1, -0.05) is 18.0 Å². The van der Waals surface area contributed by atoms with Gasteiger partial charge >= 0.3 is 0 Å². The third-order valence-corrected chi connectivity index (χ3v) is 4.73. The van der Waals surface area contributed by atoms with E-state index in [4.69, 9.17) is 17.3 Å². The maximum atomic E-state index is 12.6. The van der Waals surface area contributed by atoms with Gasteiger partial charge in [0.2, 0.25) is 0 Å². The maximum absolute atomic E-state index is 12.6. The van der Waals surface area contributed by atoms with Crippen LogP contribution in [0.15, 0.2) is 12.1 Å². The Labute approximate surface area is 130 Å². The van der Waals surface area contributed by atoms with Crippen LogP contribution in [0.25, 0.3) is 0 Å². The highest BCUT2D eigenvalue weighted by atomic mass is 35.5. The molecule has 114 valence electrons. The van der Waals surface area contributed by atoms with Gasteiger partial charge in [-0.25, -0.2) is 4.98 Å². The minimum Gasteiger partial charge on any atom is -0.384 e. The molecular formula is C15H21ClN4O. The molecule has 0 radical (unpaired) electrons. The van der Waals surface area contributed by atoms with Gasteiger partial charge in [-0.05, 0) is 44.5 Å². The number of hydrogen-bond donors (Lipinski definition) is 1. The summed E-state index contributed by atoms with van der Waals surface area (Å²) < 4.78 is 0. The Balaban J connectivity index is 1.67. The molecule has 1 amide bonds. The first-order valence-corrected chi connectivity index (χ1v) is 7.98. The van der Waals surface area contributed by atoms with Crippen LogP contribution in [0.5, 0.6) is 0 Å². The van der Waals surface area contributed by atoms with Crippen LogP contribution in [0.2, 0.25) is 5.02 Å². The summed E-state index contributed by atoms with van der Waals surface area (Å²) >= 11 is 6.08. The number of anilines is 1. The summed E-state index contributed by atoms with van der Waals surface area (Å²) in [4.78, 5) is 21.0. The van der Waals surface area contributed by atoms with E-state index in [1.807, 2.05) is 4.90 Å². The van der Waals surface area contributed by atoms with Gasteiger partial charge in [0, 0.05) is 19.1 Å². The molecule has 2 saturated heterocycles. The number of likely N-dealkylation sites (tertiary alicyclic amines) is 2. The predicted molar refractivity (Wildman–Crippen MR) is 83.4 cm³/mol. The molecule has 0 spiro atoms. The smallest absolute Gasteiger partial charge is 0.274 e. The number of hydrogen-bond acceptors (Lipinski definition) is 4. The fraction of sp³-hybridized carbons (Fsp3) is 0.600. The Morgan fingerprint density at radius 2 is 2.00 bits per heavy atom. The zero-order chi connectivity index (χ0) is 14.8. The number of nitrogen functional groups attached to an aromatic ring is 1. The predicted octanol–water partition coefficient (Wildman–Crippen LogP) is 2.02. The summed E-state index contributed by atoms with van der Waals surface area (Å²) in [6.07, 6.45) is 4.90. The first-order valence-electron chi connectivity index (χ1n) is 7.60. The first-order chi connectivity index (χ1) is 10.1. The molecule has 1 aromatic heterocycles. The number of amides is 1. The highest BCUT2D eigenvalue weighted by Gasteiger charge is 2.32. The average molecular weight is 309 g/mol. The van der Waals surface area contributed by atoms with Gasteiger partial charge in [0.1, 0.15) is 11.5 Å². The highest BCUT2D eigenvalue weighted by Crippen LogP contribution is 2.23. The standard InChI is InChI=1S/C15H21ClN4O/c16-12-4-5-13(17)18-14(12)15(21)20-9-6-11(10-20)19-7-2-1-3-8-19/h4-5,11H,1-3,6-10H2,(H2,17,18). The van der Waals surface area contributed by atoms with Gasteiger partial charge in [0.25, 0.3) is 5.91 Å². The lowest BCUT2D eigenvalue weighted by Gasteiger charge is -2.32. The summed E-state index contributed by atoms with van der Waals surface area (Å²) in [5.74, 6) is 0.223. The zero-order valence-corrected chi connectivity index (χ0v) is 12.9. The molecule has 2 N–H and O–H groups in total. The van der Waals surface area contributed by atoms with E-state index in [2.05, 4.69) is 9.88 Å². The van der Waals surface area contributed by atoms with E-state index < -0.39 is 0 Å². The second-order valence-corrected chi connectivity index (χ2v) is 6.26. The van der Waals surface area contributed by atoms with Crippen molar-refractivity contribution in [1.29, 1.82) is 0 Å². The van der Waals surface area contributed by atoms with Crippen molar-refractivity contribution in [2.45, 2.75) is 31.7 Å². The highest BCUT2D eigenvalue weighted by molar-refractivity contribution is 6.33. The number of carbonyl (C=O) groups excluding carboxylic acids is 1. The number of rotatable bonds is 2. The van der Waals surface area contributed by atoms with Crippen LogP contribution in [-0.4, -0.2) is 52.9 Å². The number of halogens is 1. The molecule has 6 heteroatoms. The first kappa shape index (κ1) is 14.6. The number of aromatic nitrogens is 1. The second kappa shape index (κ2) is 6.20. The maximum Gasteiger partial charge on any atom is 0.274 e. The van der Waals surface area contributed by atoms with Crippen molar-refractivity contribution >= 4 is 23.3 Å². The van der Waals surface area contributed by atoms with E-state index in [9.17, 15) is 4.79 Å². The van der Waals surface area contributed by atoms with E-state index in [1.165, 1.54) is 19.3 Å². The summed E-state index contributed by atoms with van der Waals surface area (Å²) in [5, 5.41) is 0.371. The van der Waals surface area contributed by atoms with E-state index in [-0.39, 0.29) is 11.6 Å². The molecule has 0 saturated carbocycles. The summed E-state index contributed by atoms with van der Waals surface area (Å²) in [6, 6.07) is 3.73. The Bertz CT molecular complexity index is 530. The zero-order valence-electron chi connectivity index (χ0n) is 12.1. The summed E-state index contributed by atoms with van der Waals surface area (Å²) in [7, 11) is 0. The van der Waals surface area contributed by atoms with Crippen LogP contribution in [-0.2, 0) is 0 Å². The Morgan fingerprint density at radius 3 is 2.76 bits per heavy atom. The molecule has 0 aromatic carbocycles. The van der Waals surface area contributed by atoms with Crippen molar-refractivity contribution in [3.63, 3.8) is 0 Å². The van der Waals surface area contributed by atoms with Crippen molar-refractivity contribution < 1.29 is 4.79 Å². The van der Waals surface area contributed by atoms with E-state index in [0.717, 1.165) is 32.6 Å². The van der Waals surface area contributed by atoms with Gasteiger partial charge in [0.05, 0.1) is 5.02 Å². The van der Waals surface area contributed by atoms with Gasteiger partial charge in [-0.2, -0.15) is 0 Å². The molecule has 0 bridgehead atoms. The van der Waals surface area contributed by atoms with Gasteiger partial charge < -0.3 is 10.6 Å².